The molecule has 0 aliphatic heterocycles. The van der Waals surface area contributed by atoms with Gasteiger partial charge in [-0.25, -0.2) is 0 Å². The van der Waals surface area contributed by atoms with E-state index in [0.717, 1.165) is 30.2 Å². The lowest BCUT2D eigenvalue weighted by Gasteiger charge is -2.16. The van der Waals surface area contributed by atoms with Crippen LogP contribution in [0.3, 0.4) is 0 Å². The summed E-state index contributed by atoms with van der Waals surface area (Å²) in [6.07, 6.45) is 0.906. The molecule has 0 aliphatic rings. The van der Waals surface area contributed by atoms with Crippen LogP contribution in [-0.2, 0) is 11.2 Å². The number of furan rings is 1. The Bertz CT molecular complexity index is 519. The van der Waals surface area contributed by atoms with Crippen molar-refractivity contribution in [1.82, 2.24) is 0 Å². The Morgan fingerprint density at radius 2 is 2.00 bits per heavy atom. The van der Waals surface area contributed by atoms with E-state index >= 15 is 0 Å². The number of anilines is 1. The van der Waals surface area contributed by atoms with Crippen molar-refractivity contribution in [2.75, 3.05) is 19.0 Å². The first-order valence-electron chi connectivity index (χ1n) is 6.60. The SMILES string of the molecule is COCCc1ccccc1NC(C)c1ccc(C)o1. The Kier molecular flexibility index (Phi) is 4.63. The highest BCUT2D eigenvalue weighted by Crippen LogP contribution is 2.24. The van der Waals surface area contributed by atoms with E-state index in [1.807, 2.05) is 25.1 Å². The van der Waals surface area contributed by atoms with Crippen LogP contribution in [0.25, 0.3) is 0 Å². The second-order valence-corrected chi connectivity index (χ2v) is 4.71. The van der Waals surface area contributed by atoms with Gasteiger partial charge in [0.05, 0.1) is 12.6 Å². The highest BCUT2D eigenvalue weighted by atomic mass is 16.5. The zero-order valence-electron chi connectivity index (χ0n) is 11.8. The fraction of sp³-hybridized carbons (Fsp3) is 0.375. The molecule has 0 fully saturated rings. The average molecular weight is 259 g/mol. The van der Waals surface area contributed by atoms with Crippen molar-refractivity contribution >= 4 is 5.69 Å². The third kappa shape index (κ3) is 3.61. The van der Waals surface area contributed by atoms with E-state index in [-0.39, 0.29) is 6.04 Å². The average Bonchev–Trinajstić information content (AvgIpc) is 2.84. The van der Waals surface area contributed by atoms with Crippen LogP contribution < -0.4 is 5.32 Å². The van der Waals surface area contributed by atoms with Crippen LogP contribution in [0.1, 0.15) is 30.0 Å². The van der Waals surface area contributed by atoms with Crippen molar-refractivity contribution in [3.8, 4) is 0 Å². The van der Waals surface area contributed by atoms with Gasteiger partial charge in [-0.1, -0.05) is 18.2 Å². The van der Waals surface area contributed by atoms with Crippen LogP contribution in [0.4, 0.5) is 5.69 Å². The third-order valence-electron chi connectivity index (χ3n) is 3.15. The molecule has 3 nitrogen and oxygen atoms in total. The van der Waals surface area contributed by atoms with E-state index < -0.39 is 0 Å². The van der Waals surface area contributed by atoms with Gasteiger partial charge in [0.2, 0.25) is 0 Å². The predicted molar refractivity (Wildman–Crippen MR) is 77.5 cm³/mol. The standard InChI is InChI=1S/C16H21NO2/c1-12-8-9-16(19-12)13(2)17-15-7-5-4-6-14(15)10-11-18-3/h4-9,13,17H,10-11H2,1-3H3. The molecular formula is C16H21NO2. The summed E-state index contributed by atoms with van der Waals surface area (Å²) in [6.45, 7) is 4.79. The summed E-state index contributed by atoms with van der Waals surface area (Å²) in [4.78, 5) is 0. The third-order valence-corrected chi connectivity index (χ3v) is 3.15. The fourth-order valence-corrected chi connectivity index (χ4v) is 2.08. The molecule has 0 spiro atoms. The monoisotopic (exact) mass is 259 g/mol. The van der Waals surface area contributed by atoms with E-state index in [4.69, 9.17) is 9.15 Å². The fourth-order valence-electron chi connectivity index (χ4n) is 2.08. The van der Waals surface area contributed by atoms with Crippen molar-refractivity contribution < 1.29 is 9.15 Å². The van der Waals surface area contributed by atoms with Gasteiger partial charge < -0.3 is 14.5 Å². The van der Waals surface area contributed by atoms with Crippen LogP contribution in [0.5, 0.6) is 0 Å². The number of para-hydroxylation sites is 1. The van der Waals surface area contributed by atoms with E-state index in [1.54, 1.807) is 7.11 Å². The largest absolute Gasteiger partial charge is 0.464 e. The quantitative estimate of drug-likeness (QED) is 0.853. The lowest BCUT2D eigenvalue weighted by atomic mass is 10.1. The summed E-state index contributed by atoms with van der Waals surface area (Å²) in [6, 6.07) is 12.5. The van der Waals surface area contributed by atoms with Gasteiger partial charge >= 0.3 is 0 Å². The van der Waals surface area contributed by atoms with Crippen LogP contribution in [0, 0.1) is 6.92 Å². The lowest BCUT2D eigenvalue weighted by molar-refractivity contribution is 0.202. The summed E-state index contributed by atoms with van der Waals surface area (Å²) >= 11 is 0. The number of nitrogens with one attached hydrogen (secondary N) is 1. The minimum absolute atomic E-state index is 0.150. The highest BCUT2D eigenvalue weighted by Gasteiger charge is 2.11. The van der Waals surface area contributed by atoms with Crippen LogP contribution >= 0.6 is 0 Å². The molecule has 0 saturated heterocycles. The Balaban J connectivity index is 2.09. The topological polar surface area (TPSA) is 34.4 Å². The summed E-state index contributed by atoms with van der Waals surface area (Å²) in [5.74, 6) is 1.90. The van der Waals surface area contributed by atoms with E-state index in [2.05, 4.69) is 30.4 Å². The summed E-state index contributed by atoms with van der Waals surface area (Å²) in [7, 11) is 1.73. The summed E-state index contributed by atoms with van der Waals surface area (Å²) in [5.41, 5.74) is 2.40. The number of benzene rings is 1. The number of hydrogen-bond donors (Lipinski definition) is 1. The summed E-state index contributed by atoms with van der Waals surface area (Å²) < 4.78 is 10.8. The molecule has 1 aromatic carbocycles. The molecule has 0 radical (unpaired) electrons. The second kappa shape index (κ2) is 6.43. The Hall–Kier alpha value is -1.74. The first-order chi connectivity index (χ1) is 9.20. The Labute approximate surface area is 114 Å². The molecule has 2 aromatic rings. The van der Waals surface area contributed by atoms with Crippen LogP contribution in [0.15, 0.2) is 40.8 Å². The molecule has 0 saturated carbocycles. The maximum Gasteiger partial charge on any atom is 0.126 e. The second-order valence-electron chi connectivity index (χ2n) is 4.71. The van der Waals surface area contributed by atoms with Crippen molar-refractivity contribution in [3.63, 3.8) is 0 Å². The molecule has 1 unspecified atom stereocenters. The van der Waals surface area contributed by atoms with Gasteiger partial charge in [0, 0.05) is 12.8 Å². The number of methoxy groups -OCH3 is 1. The molecule has 0 bridgehead atoms. The normalized spacial score (nSPS) is 12.4. The van der Waals surface area contributed by atoms with Crippen molar-refractivity contribution in [2.45, 2.75) is 26.3 Å². The van der Waals surface area contributed by atoms with Gasteiger partial charge in [0.15, 0.2) is 0 Å². The molecule has 0 amide bonds. The Morgan fingerprint density at radius 1 is 1.21 bits per heavy atom. The van der Waals surface area contributed by atoms with Crippen LogP contribution in [0.2, 0.25) is 0 Å². The molecule has 3 heteroatoms. The molecule has 1 N–H and O–H groups in total. The molecule has 0 aliphatic carbocycles. The van der Waals surface area contributed by atoms with E-state index in [9.17, 15) is 0 Å². The lowest BCUT2D eigenvalue weighted by Crippen LogP contribution is -2.08. The number of ether oxygens (including phenoxy) is 1. The molecule has 102 valence electrons. The van der Waals surface area contributed by atoms with E-state index in [0.29, 0.717) is 0 Å². The van der Waals surface area contributed by atoms with Gasteiger partial charge in [-0.3, -0.25) is 0 Å². The zero-order chi connectivity index (χ0) is 13.7. The number of hydrogen-bond acceptors (Lipinski definition) is 3. The molecule has 1 aromatic heterocycles. The number of aryl methyl sites for hydroxylation is 1. The number of rotatable bonds is 6. The maximum absolute atomic E-state index is 5.65. The van der Waals surface area contributed by atoms with Crippen molar-refractivity contribution in [1.29, 1.82) is 0 Å². The first kappa shape index (κ1) is 13.7. The minimum atomic E-state index is 0.150. The predicted octanol–water partition coefficient (Wildman–Crippen LogP) is 3.95. The smallest absolute Gasteiger partial charge is 0.126 e. The highest BCUT2D eigenvalue weighted by molar-refractivity contribution is 5.52. The van der Waals surface area contributed by atoms with E-state index in [1.165, 1.54) is 5.56 Å². The minimum Gasteiger partial charge on any atom is -0.464 e. The van der Waals surface area contributed by atoms with Gasteiger partial charge in [0.25, 0.3) is 0 Å². The van der Waals surface area contributed by atoms with Crippen molar-refractivity contribution in [3.05, 3.63) is 53.5 Å². The maximum atomic E-state index is 5.65. The summed E-state index contributed by atoms with van der Waals surface area (Å²) in [5, 5.41) is 3.50. The molecule has 19 heavy (non-hydrogen) atoms. The van der Waals surface area contributed by atoms with Gasteiger partial charge in [-0.15, -0.1) is 0 Å². The van der Waals surface area contributed by atoms with Crippen molar-refractivity contribution in [2.24, 2.45) is 0 Å². The Morgan fingerprint density at radius 3 is 2.68 bits per heavy atom. The molecule has 1 heterocycles. The van der Waals surface area contributed by atoms with Gasteiger partial charge in [0.1, 0.15) is 11.5 Å². The molecule has 2 rings (SSSR count). The first-order valence-corrected chi connectivity index (χ1v) is 6.60. The zero-order valence-corrected chi connectivity index (χ0v) is 11.8. The molecular weight excluding hydrogens is 238 g/mol. The van der Waals surface area contributed by atoms with Gasteiger partial charge in [-0.2, -0.15) is 0 Å². The van der Waals surface area contributed by atoms with Crippen LogP contribution in [-0.4, -0.2) is 13.7 Å². The molecule has 1 atom stereocenters. The van der Waals surface area contributed by atoms with Gasteiger partial charge in [-0.05, 0) is 44.0 Å².